The molecule has 29 heavy (non-hydrogen) atoms. The van der Waals surface area contributed by atoms with E-state index in [4.69, 9.17) is 0 Å². The van der Waals surface area contributed by atoms with Crippen molar-refractivity contribution in [2.24, 2.45) is 5.92 Å². The molecule has 6 heteroatoms. The molecule has 2 amide bonds. The number of carboxylic acids is 1. The van der Waals surface area contributed by atoms with Crippen molar-refractivity contribution in [2.45, 2.75) is 33.2 Å². The first-order valence-electron chi connectivity index (χ1n) is 9.48. The van der Waals surface area contributed by atoms with Gasteiger partial charge in [-0.25, -0.2) is 0 Å². The standard InChI is InChI=1S/C23H26N2O4/c1-4-16(3)20(23(28)29)25-22(27)19(14-17-8-6-5-7-9-17)24-21(26)18-12-10-15(2)11-13-18/h5-14,16,20H,4H2,1-3H3,(H,24,26)(H,25,27)(H,28,29)/p-1/b19-14+/t16-,20-/m1/s1. The fourth-order valence-electron chi connectivity index (χ4n) is 2.66. The summed E-state index contributed by atoms with van der Waals surface area (Å²) in [5, 5.41) is 16.5. The fraction of sp³-hybridized carbons (Fsp3) is 0.261. The normalized spacial score (nSPS) is 13.3. The molecule has 0 fully saturated rings. The second kappa shape index (κ2) is 10.2. The number of carbonyl (C=O) groups is 3. The Bertz CT molecular complexity index is 889. The first kappa shape index (κ1) is 21.9. The average Bonchev–Trinajstić information content (AvgIpc) is 2.71. The highest BCUT2D eigenvalue weighted by molar-refractivity contribution is 6.06. The van der Waals surface area contributed by atoms with Gasteiger partial charge in [-0.2, -0.15) is 0 Å². The minimum Gasteiger partial charge on any atom is -0.548 e. The zero-order valence-corrected chi connectivity index (χ0v) is 16.8. The number of aliphatic carboxylic acids is 1. The minimum absolute atomic E-state index is 0.0451. The Morgan fingerprint density at radius 3 is 2.21 bits per heavy atom. The van der Waals surface area contributed by atoms with Crippen LogP contribution in [0.3, 0.4) is 0 Å². The average molecular weight is 393 g/mol. The molecule has 2 aromatic carbocycles. The summed E-state index contributed by atoms with van der Waals surface area (Å²) in [7, 11) is 0. The van der Waals surface area contributed by atoms with Gasteiger partial charge in [-0.05, 0) is 36.6 Å². The molecule has 2 N–H and O–H groups in total. The van der Waals surface area contributed by atoms with Gasteiger partial charge in [0.25, 0.3) is 11.8 Å². The summed E-state index contributed by atoms with van der Waals surface area (Å²) in [6, 6.07) is 14.7. The monoisotopic (exact) mass is 393 g/mol. The van der Waals surface area contributed by atoms with Crippen LogP contribution in [0.1, 0.15) is 41.8 Å². The van der Waals surface area contributed by atoms with Gasteiger partial charge in [0.1, 0.15) is 5.70 Å². The molecule has 0 heterocycles. The zero-order chi connectivity index (χ0) is 21.4. The molecule has 0 saturated heterocycles. The van der Waals surface area contributed by atoms with Crippen LogP contribution < -0.4 is 15.7 Å². The molecule has 2 atom stereocenters. The lowest BCUT2D eigenvalue weighted by Gasteiger charge is -2.25. The number of rotatable bonds is 8. The first-order chi connectivity index (χ1) is 13.8. The van der Waals surface area contributed by atoms with E-state index in [2.05, 4.69) is 10.6 Å². The third-order valence-corrected chi connectivity index (χ3v) is 4.67. The van der Waals surface area contributed by atoms with Crippen LogP contribution in [0.4, 0.5) is 0 Å². The highest BCUT2D eigenvalue weighted by atomic mass is 16.4. The molecular formula is C23H25N2O4-. The first-order valence-corrected chi connectivity index (χ1v) is 9.48. The van der Waals surface area contributed by atoms with E-state index in [0.717, 1.165) is 5.56 Å². The Hall–Kier alpha value is -3.41. The lowest BCUT2D eigenvalue weighted by molar-refractivity contribution is -0.309. The van der Waals surface area contributed by atoms with Gasteiger partial charge in [-0.1, -0.05) is 68.3 Å². The van der Waals surface area contributed by atoms with Gasteiger partial charge in [0.15, 0.2) is 0 Å². The molecule has 0 radical (unpaired) electrons. The van der Waals surface area contributed by atoms with E-state index in [1.165, 1.54) is 6.08 Å². The van der Waals surface area contributed by atoms with E-state index >= 15 is 0 Å². The lowest BCUT2D eigenvalue weighted by atomic mass is 9.99. The molecule has 0 aliphatic heterocycles. The van der Waals surface area contributed by atoms with E-state index in [9.17, 15) is 19.5 Å². The van der Waals surface area contributed by atoms with Crippen LogP contribution in [0.2, 0.25) is 0 Å². The molecule has 152 valence electrons. The Morgan fingerprint density at radius 2 is 1.66 bits per heavy atom. The molecule has 0 aromatic heterocycles. The van der Waals surface area contributed by atoms with Crippen molar-refractivity contribution in [2.75, 3.05) is 0 Å². The highest BCUT2D eigenvalue weighted by Gasteiger charge is 2.22. The minimum atomic E-state index is -1.36. The van der Waals surface area contributed by atoms with Crippen LogP contribution in [0.15, 0.2) is 60.3 Å². The van der Waals surface area contributed by atoms with E-state index in [-0.39, 0.29) is 11.6 Å². The number of benzene rings is 2. The number of hydrogen-bond acceptors (Lipinski definition) is 4. The van der Waals surface area contributed by atoms with Gasteiger partial charge in [-0.15, -0.1) is 0 Å². The SMILES string of the molecule is CC[C@@H](C)[C@@H](NC(=O)/C(=C\c1ccccc1)NC(=O)c1ccc(C)cc1)C(=O)[O-]. The van der Waals surface area contributed by atoms with Crippen molar-refractivity contribution >= 4 is 23.9 Å². The van der Waals surface area contributed by atoms with Crippen LogP contribution in [0.25, 0.3) is 6.08 Å². The maximum atomic E-state index is 12.8. The van der Waals surface area contributed by atoms with Gasteiger partial charge in [0.05, 0.1) is 12.0 Å². The molecule has 0 spiro atoms. The molecule has 2 rings (SSSR count). The molecule has 0 unspecified atom stereocenters. The van der Waals surface area contributed by atoms with Gasteiger partial charge < -0.3 is 20.5 Å². The van der Waals surface area contributed by atoms with Crippen molar-refractivity contribution in [3.8, 4) is 0 Å². The summed E-state index contributed by atoms with van der Waals surface area (Å²) in [6.45, 7) is 5.45. The van der Waals surface area contributed by atoms with Crippen LogP contribution in [0.5, 0.6) is 0 Å². The quantitative estimate of drug-likeness (QED) is 0.671. The number of hydrogen-bond donors (Lipinski definition) is 2. The maximum absolute atomic E-state index is 12.8. The van der Waals surface area contributed by atoms with Gasteiger partial charge in [0, 0.05) is 5.56 Å². The maximum Gasteiger partial charge on any atom is 0.268 e. The predicted molar refractivity (Wildman–Crippen MR) is 109 cm³/mol. The molecule has 0 saturated carbocycles. The smallest absolute Gasteiger partial charge is 0.268 e. The fourth-order valence-corrected chi connectivity index (χ4v) is 2.66. The van der Waals surface area contributed by atoms with E-state index in [1.807, 2.05) is 19.9 Å². The van der Waals surface area contributed by atoms with Crippen molar-refractivity contribution in [1.29, 1.82) is 0 Å². The third-order valence-electron chi connectivity index (χ3n) is 4.67. The Kier molecular flexibility index (Phi) is 7.71. The molecule has 0 aliphatic rings. The summed E-state index contributed by atoms with van der Waals surface area (Å²) < 4.78 is 0. The summed E-state index contributed by atoms with van der Waals surface area (Å²) in [5.41, 5.74) is 2.04. The molecular weight excluding hydrogens is 368 g/mol. The van der Waals surface area contributed by atoms with Crippen molar-refractivity contribution < 1.29 is 19.5 Å². The third kappa shape index (κ3) is 6.31. The molecule has 2 aromatic rings. The number of nitrogens with one attached hydrogen (secondary N) is 2. The predicted octanol–water partition coefficient (Wildman–Crippen LogP) is 2.05. The number of carbonyl (C=O) groups excluding carboxylic acids is 3. The number of amides is 2. The second-order valence-electron chi connectivity index (χ2n) is 6.94. The van der Waals surface area contributed by atoms with Crippen LogP contribution in [-0.2, 0) is 9.59 Å². The number of aryl methyl sites for hydroxylation is 1. The van der Waals surface area contributed by atoms with Gasteiger partial charge >= 0.3 is 0 Å². The van der Waals surface area contributed by atoms with Crippen LogP contribution in [-0.4, -0.2) is 23.8 Å². The van der Waals surface area contributed by atoms with Crippen molar-refractivity contribution in [3.05, 3.63) is 77.0 Å². The van der Waals surface area contributed by atoms with E-state index in [0.29, 0.717) is 17.5 Å². The summed E-state index contributed by atoms with van der Waals surface area (Å²) >= 11 is 0. The van der Waals surface area contributed by atoms with E-state index in [1.54, 1.807) is 55.5 Å². The summed E-state index contributed by atoms with van der Waals surface area (Å²) in [5.74, 6) is -2.84. The topological polar surface area (TPSA) is 98.3 Å². The summed E-state index contributed by atoms with van der Waals surface area (Å²) in [4.78, 5) is 36.9. The lowest BCUT2D eigenvalue weighted by Crippen LogP contribution is -2.52. The van der Waals surface area contributed by atoms with E-state index < -0.39 is 23.8 Å². The zero-order valence-electron chi connectivity index (χ0n) is 16.8. The Morgan fingerprint density at radius 1 is 1.03 bits per heavy atom. The molecule has 0 bridgehead atoms. The summed E-state index contributed by atoms with van der Waals surface area (Å²) in [6.07, 6.45) is 2.05. The van der Waals surface area contributed by atoms with Crippen molar-refractivity contribution in [1.82, 2.24) is 10.6 Å². The molecule has 0 aliphatic carbocycles. The Balaban J connectivity index is 2.30. The van der Waals surface area contributed by atoms with Crippen molar-refractivity contribution in [3.63, 3.8) is 0 Å². The second-order valence-corrected chi connectivity index (χ2v) is 6.94. The Labute approximate surface area is 170 Å². The number of carboxylic acid groups (broad SMARTS) is 1. The highest BCUT2D eigenvalue weighted by Crippen LogP contribution is 2.11. The van der Waals surface area contributed by atoms with Crippen LogP contribution >= 0.6 is 0 Å². The van der Waals surface area contributed by atoms with Crippen LogP contribution in [0, 0.1) is 12.8 Å². The molecule has 6 nitrogen and oxygen atoms in total. The van der Waals surface area contributed by atoms with Gasteiger partial charge in [-0.3, -0.25) is 9.59 Å². The van der Waals surface area contributed by atoms with Gasteiger partial charge in [0.2, 0.25) is 0 Å². The largest absolute Gasteiger partial charge is 0.548 e.